The largest absolute Gasteiger partial charge is 0.378 e. The van der Waals surface area contributed by atoms with E-state index in [2.05, 4.69) is 75.5 Å². The Balaban J connectivity index is 0.000000297. The van der Waals surface area contributed by atoms with Gasteiger partial charge < -0.3 is 10.2 Å². The van der Waals surface area contributed by atoms with E-state index in [-0.39, 0.29) is 11.8 Å². The smallest absolute Gasteiger partial charge is 0.126 e. The van der Waals surface area contributed by atoms with E-state index >= 15 is 0 Å². The molecule has 0 spiro atoms. The molecule has 0 unspecified atom stereocenters. The van der Waals surface area contributed by atoms with E-state index in [9.17, 15) is 22.7 Å². The highest BCUT2D eigenvalue weighted by Gasteiger charge is 2.16. The number of aromatic nitrogens is 2. The van der Waals surface area contributed by atoms with Crippen LogP contribution < -0.4 is 0 Å². The van der Waals surface area contributed by atoms with Gasteiger partial charge in [-0.15, -0.1) is 6.42 Å². The highest BCUT2D eigenvalue weighted by molar-refractivity contribution is 9.11. The zero-order valence-electron chi connectivity index (χ0n) is 27.9. The van der Waals surface area contributed by atoms with E-state index in [1.54, 1.807) is 33.8 Å². The monoisotopic (exact) mass is 866 g/mol. The lowest BCUT2D eigenvalue weighted by atomic mass is 9.97. The SMILES string of the molecule is C#CC(C)(C)O.C[C@@H](Cc1cc(F)cc(F)c1)c1nc(Br)ccc1Br.C[C@@H](Cc1cc(F)cc(F)c1)c1nc(C#CC(C)(C)O)ccc1Br. The molecular formula is C38H37Br3F4N2O2. The highest BCUT2D eigenvalue weighted by atomic mass is 79.9. The third-order valence-electron chi connectivity index (χ3n) is 6.42. The molecule has 0 bridgehead atoms. The van der Waals surface area contributed by atoms with Gasteiger partial charge in [0.05, 0.1) is 11.4 Å². The predicted octanol–water partition coefficient (Wildman–Crippen LogP) is 10.2. The molecule has 11 heteroatoms. The van der Waals surface area contributed by atoms with Crippen molar-refractivity contribution in [1.82, 2.24) is 9.97 Å². The molecule has 4 aromatic rings. The Kier molecular flexibility index (Phi) is 16.2. The van der Waals surface area contributed by atoms with Gasteiger partial charge in [-0.2, -0.15) is 0 Å². The van der Waals surface area contributed by atoms with Gasteiger partial charge in [0.25, 0.3) is 0 Å². The first kappa shape index (κ1) is 42.1. The van der Waals surface area contributed by atoms with Crippen LogP contribution in [0.2, 0.25) is 0 Å². The summed E-state index contributed by atoms with van der Waals surface area (Å²) in [5, 5.41) is 18.3. The summed E-state index contributed by atoms with van der Waals surface area (Å²) in [5.74, 6) is 5.42. The average molecular weight is 869 g/mol. The molecule has 0 aliphatic heterocycles. The Hall–Kier alpha value is -3.06. The fraction of sp³-hybridized carbons (Fsp3) is 0.316. The maximum absolute atomic E-state index is 13.3. The molecule has 0 aliphatic carbocycles. The summed E-state index contributed by atoms with van der Waals surface area (Å²) in [6.45, 7) is 10.2. The van der Waals surface area contributed by atoms with Crippen LogP contribution in [0.15, 0.2) is 74.2 Å². The average Bonchev–Trinajstić information content (AvgIpc) is 2.96. The van der Waals surface area contributed by atoms with Crippen molar-refractivity contribution in [2.75, 3.05) is 0 Å². The minimum atomic E-state index is -1.10. The normalized spacial score (nSPS) is 12.2. The number of pyridine rings is 2. The first-order valence-electron chi connectivity index (χ1n) is 15.0. The molecule has 260 valence electrons. The van der Waals surface area contributed by atoms with Crippen molar-refractivity contribution in [2.45, 2.75) is 77.4 Å². The van der Waals surface area contributed by atoms with Crippen molar-refractivity contribution < 1.29 is 27.8 Å². The van der Waals surface area contributed by atoms with Crippen LogP contribution in [0.25, 0.3) is 0 Å². The number of terminal acetylenes is 1. The number of hydrogen-bond acceptors (Lipinski definition) is 4. The molecule has 2 N–H and O–H groups in total. The maximum Gasteiger partial charge on any atom is 0.126 e. The molecule has 0 aliphatic rings. The van der Waals surface area contributed by atoms with Crippen LogP contribution in [0.1, 0.15) is 81.6 Å². The van der Waals surface area contributed by atoms with E-state index in [1.165, 1.54) is 24.3 Å². The van der Waals surface area contributed by atoms with Crippen LogP contribution in [0.3, 0.4) is 0 Å². The molecule has 0 fully saturated rings. The lowest BCUT2D eigenvalue weighted by molar-refractivity contribution is 0.143. The second-order valence-corrected chi connectivity index (χ2v) is 14.9. The van der Waals surface area contributed by atoms with E-state index in [0.717, 1.165) is 37.1 Å². The van der Waals surface area contributed by atoms with Gasteiger partial charge in [-0.25, -0.2) is 27.5 Å². The molecule has 0 radical (unpaired) electrons. The zero-order valence-corrected chi connectivity index (χ0v) is 32.6. The van der Waals surface area contributed by atoms with Crippen LogP contribution in [0, 0.1) is 47.5 Å². The minimum absolute atomic E-state index is 0.0491. The van der Waals surface area contributed by atoms with Crippen LogP contribution in [0.5, 0.6) is 0 Å². The maximum atomic E-state index is 13.3. The van der Waals surface area contributed by atoms with Crippen LogP contribution >= 0.6 is 47.8 Å². The van der Waals surface area contributed by atoms with Gasteiger partial charge in [0, 0.05) is 32.9 Å². The fourth-order valence-electron chi connectivity index (χ4n) is 4.23. The Bertz CT molecular complexity index is 1800. The molecule has 0 amide bonds. The van der Waals surface area contributed by atoms with Crippen molar-refractivity contribution in [2.24, 2.45) is 0 Å². The summed E-state index contributed by atoms with van der Waals surface area (Å²) < 4.78 is 55.4. The zero-order chi connectivity index (χ0) is 37.1. The van der Waals surface area contributed by atoms with Gasteiger partial charge in [0.15, 0.2) is 0 Å². The lowest BCUT2D eigenvalue weighted by Gasteiger charge is -2.14. The molecule has 4 nitrogen and oxygen atoms in total. The van der Waals surface area contributed by atoms with Gasteiger partial charge in [-0.1, -0.05) is 25.7 Å². The standard InChI is InChI=1S/C19H18BrF2NO.C14H11Br2F2N.C5H8O/c1-12(8-13-9-14(21)11-15(22)10-13)18-17(20)5-4-16(23-18)6-7-19(2,3)24;1-8(14-12(15)2-3-13(16)19-14)4-9-5-10(17)7-11(18)6-9;1-4-5(2,3)6/h4-5,9-12,24H,8H2,1-3H3;2-3,5-8H,4H2,1H3;1,6H,2-3H3/t12-;8-;/m00./s1. The number of rotatable bonds is 6. The third kappa shape index (κ3) is 16.0. The van der Waals surface area contributed by atoms with Crippen molar-refractivity contribution in [3.8, 4) is 24.2 Å². The molecular weight excluding hydrogens is 832 g/mol. The van der Waals surface area contributed by atoms with Crippen molar-refractivity contribution in [1.29, 1.82) is 0 Å². The van der Waals surface area contributed by atoms with Crippen LogP contribution in [0.4, 0.5) is 17.6 Å². The topological polar surface area (TPSA) is 66.2 Å². The van der Waals surface area contributed by atoms with Crippen LogP contribution in [-0.2, 0) is 12.8 Å². The van der Waals surface area contributed by atoms with Crippen molar-refractivity contribution >= 4 is 47.8 Å². The minimum Gasteiger partial charge on any atom is -0.378 e. The summed E-state index contributed by atoms with van der Waals surface area (Å²) >= 11 is 10.2. The van der Waals surface area contributed by atoms with Gasteiger partial charge in [-0.05, 0) is 154 Å². The molecule has 2 aromatic heterocycles. The summed E-state index contributed by atoms with van der Waals surface area (Å²) in [4.78, 5) is 8.89. The number of benzene rings is 2. The first-order chi connectivity index (χ1) is 22.6. The number of hydrogen-bond donors (Lipinski definition) is 2. The number of halogens is 7. The van der Waals surface area contributed by atoms with Gasteiger partial charge >= 0.3 is 0 Å². The third-order valence-corrected chi connectivity index (χ3v) is 8.21. The lowest BCUT2D eigenvalue weighted by Crippen LogP contribution is -2.14. The predicted molar refractivity (Wildman–Crippen MR) is 197 cm³/mol. The Labute approximate surface area is 311 Å². The van der Waals surface area contributed by atoms with Crippen molar-refractivity contribution in [3.63, 3.8) is 0 Å². The van der Waals surface area contributed by atoms with Gasteiger partial charge in [-0.3, -0.25) is 0 Å². The van der Waals surface area contributed by atoms with Gasteiger partial charge in [0.1, 0.15) is 44.8 Å². The first-order valence-corrected chi connectivity index (χ1v) is 17.4. The molecule has 2 aromatic carbocycles. The highest BCUT2D eigenvalue weighted by Crippen LogP contribution is 2.29. The molecule has 2 heterocycles. The summed E-state index contributed by atoms with van der Waals surface area (Å²) in [6.07, 6.45) is 5.78. The molecule has 49 heavy (non-hydrogen) atoms. The second kappa shape index (κ2) is 18.8. The van der Waals surface area contributed by atoms with E-state index < -0.39 is 34.5 Å². The van der Waals surface area contributed by atoms with Gasteiger partial charge in [0.2, 0.25) is 0 Å². The summed E-state index contributed by atoms with van der Waals surface area (Å²) in [7, 11) is 0. The van der Waals surface area contributed by atoms with Crippen molar-refractivity contribution in [3.05, 3.63) is 126 Å². The quantitative estimate of drug-likeness (QED) is 0.115. The second-order valence-electron chi connectivity index (χ2n) is 12.3. The van der Waals surface area contributed by atoms with Crippen LogP contribution in [-0.4, -0.2) is 31.4 Å². The Morgan fingerprint density at radius 3 is 1.45 bits per heavy atom. The van der Waals surface area contributed by atoms with E-state index in [4.69, 9.17) is 11.5 Å². The van der Waals surface area contributed by atoms with E-state index in [0.29, 0.717) is 29.7 Å². The molecule has 0 saturated heterocycles. The molecule has 0 saturated carbocycles. The molecule has 4 rings (SSSR count). The summed E-state index contributed by atoms with van der Waals surface area (Å²) in [6, 6.07) is 14.4. The Morgan fingerprint density at radius 2 is 1.06 bits per heavy atom. The summed E-state index contributed by atoms with van der Waals surface area (Å²) in [5.41, 5.74) is 1.31. The Morgan fingerprint density at radius 1 is 0.673 bits per heavy atom. The molecule has 2 atom stereocenters. The van der Waals surface area contributed by atoms with E-state index in [1.807, 2.05) is 32.0 Å². The number of nitrogens with zero attached hydrogens (tertiary/aromatic N) is 2. The number of aliphatic hydroxyl groups is 2. The fourth-order valence-corrected chi connectivity index (χ4v) is 5.77.